The van der Waals surface area contributed by atoms with E-state index in [1.807, 2.05) is 13.8 Å². The van der Waals surface area contributed by atoms with Gasteiger partial charge in [0.2, 0.25) is 5.91 Å². The van der Waals surface area contributed by atoms with Crippen LogP contribution in [-0.2, 0) is 14.3 Å². The van der Waals surface area contributed by atoms with Gasteiger partial charge in [-0.05, 0) is 26.7 Å². The van der Waals surface area contributed by atoms with E-state index in [0.717, 1.165) is 0 Å². The zero-order valence-electron chi connectivity index (χ0n) is 8.37. The SMILES string of the molecule is CC(C)OCC(=O)NC1(C(=O)O)CC1. The van der Waals surface area contributed by atoms with E-state index < -0.39 is 11.5 Å². The van der Waals surface area contributed by atoms with Crippen molar-refractivity contribution in [2.45, 2.75) is 38.3 Å². The van der Waals surface area contributed by atoms with Crippen LogP contribution in [0.2, 0.25) is 0 Å². The molecule has 1 amide bonds. The molecule has 0 atom stereocenters. The highest BCUT2D eigenvalue weighted by Crippen LogP contribution is 2.35. The van der Waals surface area contributed by atoms with Gasteiger partial charge in [0.25, 0.3) is 0 Å². The number of hydrogen-bond acceptors (Lipinski definition) is 3. The largest absolute Gasteiger partial charge is 0.480 e. The first-order chi connectivity index (χ1) is 6.46. The molecule has 0 aromatic carbocycles. The van der Waals surface area contributed by atoms with Crippen LogP contribution < -0.4 is 5.32 Å². The van der Waals surface area contributed by atoms with Crippen molar-refractivity contribution in [3.63, 3.8) is 0 Å². The van der Waals surface area contributed by atoms with Gasteiger partial charge in [-0.25, -0.2) is 4.79 Å². The van der Waals surface area contributed by atoms with Crippen LogP contribution in [0.25, 0.3) is 0 Å². The Morgan fingerprint density at radius 1 is 1.50 bits per heavy atom. The second-order valence-corrected chi connectivity index (χ2v) is 3.80. The molecule has 0 unspecified atom stereocenters. The molecule has 1 rings (SSSR count). The number of amides is 1. The first-order valence-corrected chi connectivity index (χ1v) is 4.62. The van der Waals surface area contributed by atoms with E-state index in [9.17, 15) is 9.59 Å². The summed E-state index contributed by atoms with van der Waals surface area (Å²) in [6, 6.07) is 0. The van der Waals surface area contributed by atoms with Gasteiger partial charge in [-0.3, -0.25) is 4.79 Å². The quantitative estimate of drug-likeness (QED) is 0.663. The maximum atomic E-state index is 11.2. The van der Waals surface area contributed by atoms with E-state index in [-0.39, 0.29) is 18.6 Å². The summed E-state index contributed by atoms with van der Waals surface area (Å²) < 4.78 is 5.05. The molecular formula is C9H15NO4. The highest BCUT2D eigenvalue weighted by Gasteiger charge is 2.51. The Morgan fingerprint density at radius 2 is 2.07 bits per heavy atom. The molecule has 2 N–H and O–H groups in total. The molecule has 14 heavy (non-hydrogen) atoms. The van der Waals surface area contributed by atoms with Crippen LogP contribution in [0, 0.1) is 0 Å². The summed E-state index contributed by atoms with van der Waals surface area (Å²) in [5.41, 5.74) is -1.00. The van der Waals surface area contributed by atoms with Crippen molar-refractivity contribution in [2.75, 3.05) is 6.61 Å². The number of nitrogens with one attached hydrogen (secondary N) is 1. The van der Waals surface area contributed by atoms with Gasteiger partial charge in [-0.1, -0.05) is 0 Å². The second kappa shape index (κ2) is 3.96. The highest BCUT2D eigenvalue weighted by atomic mass is 16.5. The fourth-order valence-corrected chi connectivity index (χ4v) is 1.06. The van der Waals surface area contributed by atoms with Gasteiger partial charge < -0.3 is 15.2 Å². The fraction of sp³-hybridized carbons (Fsp3) is 0.778. The summed E-state index contributed by atoms with van der Waals surface area (Å²) in [4.78, 5) is 21.9. The lowest BCUT2D eigenvalue weighted by Crippen LogP contribution is -2.44. The lowest BCUT2D eigenvalue weighted by Gasteiger charge is -2.13. The molecule has 5 nitrogen and oxygen atoms in total. The van der Waals surface area contributed by atoms with Gasteiger partial charge in [-0.2, -0.15) is 0 Å². The number of hydrogen-bond donors (Lipinski definition) is 2. The maximum Gasteiger partial charge on any atom is 0.329 e. The zero-order valence-corrected chi connectivity index (χ0v) is 8.37. The van der Waals surface area contributed by atoms with Gasteiger partial charge >= 0.3 is 5.97 Å². The number of carboxylic acids is 1. The van der Waals surface area contributed by atoms with E-state index in [4.69, 9.17) is 9.84 Å². The van der Waals surface area contributed by atoms with Gasteiger partial charge in [0.05, 0.1) is 6.10 Å². The zero-order chi connectivity index (χ0) is 10.8. The predicted octanol–water partition coefficient (Wildman–Crippen LogP) is 0.145. The third-order valence-corrected chi connectivity index (χ3v) is 2.09. The Balaban J connectivity index is 2.31. The average molecular weight is 201 g/mol. The van der Waals surface area contributed by atoms with E-state index in [0.29, 0.717) is 12.8 Å². The van der Waals surface area contributed by atoms with Crippen LogP contribution >= 0.6 is 0 Å². The molecule has 1 fully saturated rings. The number of ether oxygens (including phenoxy) is 1. The molecule has 0 aromatic heterocycles. The summed E-state index contributed by atoms with van der Waals surface area (Å²) in [5, 5.41) is 11.2. The minimum Gasteiger partial charge on any atom is -0.480 e. The predicted molar refractivity (Wildman–Crippen MR) is 48.8 cm³/mol. The summed E-state index contributed by atoms with van der Waals surface area (Å²) in [5.74, 6) is -1.33. The van der Waals surface area contributed by atoms with Crippen molar-refractivity contribution in [2.24, 2.45) is 0 Å². The third kappa shape index (κ3) is 2.70. The minimum atomic E-state index is -1.00. The number of carbonyl (C=O) groups excluding carboxylic acids is 1. The molecule has 1 aliphatic rings. The molecule has 5 heteroatoms. The normalized spacial score (nSPS) is 17.9. The summed E-state index contributed by atoms with van der Waals surface area (Å²) >= 11 is 0. The van der Waals surface area contributed by atoms with Crippen molar-refractivity contribution >= 4 is 11.9 Å². The molecule has 80 valence electrons. The maximum absolute atomic E-state index is 11.2. The molecule has 1 aliphatic carbocycles. The molecule has 1 saturated carbocycles. The first-order valence-electron chi connectivity index (χ1n) is 4.62. The smallest absolute Gasteiger partial charge is 0.329 e. The number of aliphatic carboxylic acids is 1. The Morgan fingerprint density at radius 3 is 2.43 bits per heavy atom. The van der Waals surface area contributed by atoms with Crippen LogP contribution in [-0.4, -0.2) is 35.2 Å². The molecule has 0 saturated heterocycles. The summed E-state index contributed by atoms with van der Waals surface area (Å²) in [6.45, 7) is 3.56. The van der Waals surface area contributed by atoms with Crippen LogP contribution in [0.5, 0.6) is 0 Å². The molecule has 0 bridgehead atoms. The van der Waals surface area contributed by atoms with Gasteiger partial charge in [-0.15, -0.1) is 0 Å². The molecule has 0 heterocycles. The molecular weight excluding hydrogens is 186 g/mol. The third-order valence-electron chi connectivity index (χ3n) is 2.09. The van der Waals surface area contributed by atoms with Crippen molar-refractivity contribution in [1.29, 1.82) is 0 Å². The Labute approximate surface area is 82.4 Å². The fourth-order valence-electron chi connectivity index (χ4n) is 1.06. The first kappa shape index (κ1) is 11.0. The van der Waals surface area contributed by atoms with Crippen molar-refractivity contribution in [3.8, 4) is 0 Å². The van der Waals surface area contributed by atoms with Crippen LogP contribution in [0.1, 0.15) is 26.7 Å². The molecule has 0 aliphatic heterocycles. The lowest BCUT2D eigenvalue weighted by molar-refractivity contribution is -0.144. The number of carbonyl (C=O) groups is 2. The monoisotopic (exact) mass is 201 g/mol. The average Bonchev–Trinajstić information content (AvgIpc) is 2.82. The van der Waals surface area contributed by atoms with Gasteiger partial charge in [0, 0.05) is 0 Å². The van der Waals surface area contributed by atoms with Gasteiger partial charge in [0.15, 0.2) is 0 Å². The lowest BCUT2D eigenvalue weighted by atomic mass is 10.3. The Hall–Kier alpha value is -1.10. The van der Waals surface area contributed by atoms with Crippen LogP contribution in [0.4, 0.5) is 0 Å². The standard InChI is InChI=1S/C9H15NO4/c1-6(2)14-5-7(11)10-9(3-4-9)8(12)13/h6H,3-5H2,1-2H3,(H,10,11)(H,12,13). The number of carboxylic acid groups (broad SMARTS) is 1. The minimum absolute atomic E-state index is 0.0271. The Kier molecular flexibility index (Phi) is 3.10. The van der Waals surface area contributed by atoms with Gasteiger partial charge in [0.1, 0.15) is 12.1 Å². The topological polar surface area (TPSA) is 75.6 Å². The van der Waals surface area contributed by atoms with E-state index in [2.05, 4.69) is 5.32 Å². The summed E-state index contributed by atoms with van der Waals surface area (Å²) in [7, 11) is 0. The number of rotatable bonds is 5. The van der Waals surface area contributed by atoms with Crippen LogP contribution in [0.3, 0.4) is 0 Å². The Bertz CT molecular complexity index is 245. The van der Waals surface area contributed by atoms with Crippen molar-refractivity contribution in [3.05, 3.63) is 0 Å². The van der Waals surface area contributed by atoms with E-state index in [1.54, 1.807) is 0 Å². The highest BCUT2D eigenvalue weighted by molar-refractivity contribution is 5.89. The second-order valence-electron chi connectivity index (χ2n) is 3.80. The molecule has 0 aromatic rings. The van der Waals surface area contributed by atoms with Crippen molar-refractivity contribution < 1.29 is 19.4 Å². The summed E-state index contributed by atoms with van der Waals surface area (Å²) in [6.07, 6.45) is 0.992. The molecule has 0 spiro atoms. The van der Waals surface area contributed by atoms with E-state index in [1.165, 1.54) is 0 Å². The molecule has 0 radical (unpaired) electrons. The van der Waals surface area contributed by atoms with Crippen LogP contribution in [0.15, 0.2) is 0 Å². The van der Waals surface area contributed by atoms with E-state index >= 15 is 0 Å². The van der Waals surface area contributed by atoms with Crippen molar-refractivity contribution in [1.82, 2.24) is 5.32 Å².